The number of aliphatic hydroxyl groups is 1. The van der Waals surface area contributed by atoms with Gasteiger partial charge in [-0.3, -0.25) is 9.78 Å². The quantitative estimate of drug-likeness (QED) is 0.322. The number of benzene rings is 1. The van der Waals surface area contributed by atoms with E-state index >= 15 is 0 Å². The minimum Gasteiger partial charge on any atom is -0.465 e. The summed E-state index contributed by atoms with van der Waals surface area (Å²) in [4.78, 5) is 20.4. The fourth-order valence-electron chi connectivity index (χ4n) is 2.20. The van der Waals surface area contributed by atoms with Gasteiger partial charge in [0.05, 0.1) is 18.7 Å². The van der Waals surface area contributed by atoms with E-state index in [4.69, 9.17) is 20.8 Å². The number of nitriles is 1. The molecule has 0 fully saturated rings. The van der Waals surface area contributed by atoms with Crippen molar-refractivity contribution in [2.75, 3.05) is 13.2 Å². The number of carbonyl (C=O) groups excluding carboxylic acids is 1. The van der Waals surface area contributed by atoms with Crippen LogP contribution in [0.25, 0.3) is 0 Å². The molecule has 0 amide bonds. The molecule has 0 unspecified atom stereocenters. The lowest BCUT2D eigenvalue weighted by Gasteiger charge is -2.05. The molecule has 0 saturated heterocycles. The highest BCUT2D eigenvalue weighted by Gasteiger charge is 2.09. The molecule has 2 rings (SSSR count). The van der Waals surface area contributed by atoms with Gasteiger partial charge in [-0.1, -0.05) is 24.3 Å². The first-order chi connectivity index (χ1) is 12.6. The minimum atomic E-state index is -0.123. The van der Waals surface area contributed by atoms with Crippen LogP contribution in [0, 0.1) is 11.3 Å². The molecule has 26 heavy (non-hydrogen) atoms. The predicted octanol–water partition coefficient (Wildman–Crippen LogP) is 1.59. The van der Waals surface area contributed by atoms with E-state index in [9.17, 15) is 4.79 Å². The second-order valence-electron chi connectivity index (χ2n) is 5.54. The lowest BCUT2D eigenvalue weighted by molar-refractivity contribution is 0.0988. The highest BCUT2D eigenvalue weighted by molar-refractivity contribution is 5.95. The molecule has 3 N–H and O–H groups in total. The highest BCUT2D eigenvalue weighted by atomic mass is 16.5. The average molecular weight is 352 g/mol. The third-order valence-electron chi connectivity index (χ3n) is 3.50. The molecular formula is C19H20N4O3. The SMILES string of the molecule is N#Cc1ccc(C(=O)Cc2cccc(CN=C(N)OCCCO)c2)nc1. The molecule has 0 aliphatic rings. The number of aromatic nitrogens is 1. The van der Waals surface area contributed by atoms with E-state index in [1.165, 1.54) is 6.20 Å². The van der Waals surface area contributed by atoms with Gasteiger partial charge < -0.3 is 15.6 Å². The smallest absolute Gasteiger partial charge is 0.282 e. The van der Waals surface area contributed by atoms with Gasteiger partial charge in [-0.25, -0.2) is 4.99 Å². The third-order valence-corrected chi connectivity index (χ3v) is 3.50. The molecule has 0 aliphatic heterocycles. The van der Waals surface area contributed by atoms with Gasteiger partial charge in [-0.05, 0) is 23.3 Å². The molecule has 0 atom stereocenters. The number of ketones is 1. The molecule has 7 heteroatoms. The van der Waals surface area contributed by atoms with E-state index in [2.05, 4.69) is 9.98 Å². The van der Waals surface area contributed by atoms with Crippen LogP contribution in [0.3, 0.4) is 0 Å². The first kappa shape index (κ1) is 19.1. The van der Waals surface area contributed by atoms with Crippen LogP contribution < -0.4 is 5.73 Å². The Kier molecular flexibility index (Phi) is 7.28. The van der Waals surface area contributed by atoms with E-state index in [1.54, 1.807) is 12.1 Å². The number of aliphatic hydroxyl groups excluding tert-OH is 1. The summed E-state index contributed by atoms with van der Waals surface area (Å²) >= 11 is 0. The summed E-state index contributed by atoms with van der Waals surface area (Å²) in [5.74, 6) is -0.123. The number of rotatable bonds is 8. The Morgan fingerprint density at radius 1 is 1.31 bits per heavy atom. The molecule has 1 heterocycles. The van der Waals surface area contributed by atoms with Gasteiger partial charge >= 0.3 is 0 Å². The van der Waals surface area contributed by atoms with Crippen LogP contribution in [0.4, 0.5) is 0 Å². The molecule has 0 aliphatic carbocycles. The van der Waals surface area contributed by atoms with Crippen LogP contribution in [0.1, 0.15) is 33.6 Å². The standard InChI is InChI=1S/C19H20N4O3/c20-11-16-5-6-17(22-13-16)18(25)10-14-3-1-4-15(9-14)12-23-19(21)26-8-2-7-24/h1,3-6,9,13,24H,2,7-8,10,12H2,(H2,21,23). The molecular weight excluding hydrogens is 332 g/mol. The van der Waals surface area contributed by atoms with Crippen LogP contribution in [0.15, 0.2) is 47.6 Å². The highest BCUT2D eigenvalue weighted by Crippen LogP contribution is 2.10. The number of amidine groups is 1. The second-order valence-corrected chi connectivity index (χ2v) is 5.54. The fraction of sp³-hybridized carbons (Fsp3) is 0.263. The Morgan fingerprint density at radius 2 is 2.12 bits per heavy atom. The van der Waals surface area contributed by atoms with Crippen molar-refractivity contribution in [3.63, 3.8) is 0 Å². The molecule has 1 aromatic carbocycles. The van der Waals surface area contributed by atoms with E-state index in [-0.39, 0.29) is 24.8 Å². The number of carbonyl (C=O) groups is 1. The van der Waals surface area contributed by atoms with Crippen molar-refractivity contribution in [1.29, 1.82) is 5.26 Å². The maximum absolute atomic E-state index is 12.3. The van der Waals surface area contributed by atoms with Crippen LogP contribution in [0.2, 0.25) is 0 Å². The first-order valence-electron chi connectivity index (χ1n) is 8.13. The number of nitrogens with two attached hydrogens (primary N) is 1. The van der Waals surface area contributed by atoms with Crippen molar-refractivity contribution in [3.05, 3.63) is 65.0 Å². The molecule has 134 valence electrons. The van der Waals surface area contributed by atoms with E-state index in [0.717, 1.165) is 11.1 Å². The molecule has 0 radical (unpaired) electrons. The number of pyridine rings is 1. The van der Waals surface area contributed by atoms with Crippen LogP contribution in [-0.4, -0.2) is 35.1 Å². The van der Waals surface area contributed by atoms with Gasteiger partial charge in [0, 0.05) is 25.6 Å². The number of nitrogens with zero attached hydrogens (tertiary/aromatic N) is 3. The van der Waals surface area contributed by atoms with Crippen molar-refractivity contribution in [2.45, 2.75) is 19.4 Å². The summed E-state index contributed by atoms with van der Waals surface area (Å²) in [7, 11) is 0. The normalized spacial score (nSPS) is 11.0. The zero-order valence-electron chi connectivity index (χ0n) is 14.3. The third kappa shape index (κ3) is 6.00. The lowest BCUT2D eigenvalue weighted by Crippen LogP contribution is -2.17. The summed E-state index contributed by atoms with van der Waals surface area (Å²) in [6, 6.07) is 12.6. The van der Waals surface area contributed by atoms with Gasteiger partial charge in [0.2, 0.25) is 0 Å². The second kappa shape index (κ2) is 9.91. The van der Waals surface area contributed by atoms with Gasteiger partial charge in [0.15, 0.2) is 5.78 Å². The van der Waals surface area contributed by atoms with Crippen molar-refractivity contribution < 1.29 is 14.6 Å². The van der Waals surface area contributed by atoms with Crippen molar-refractivity contribution in [3.8, 4) is 6.07 Å². The monoisotopic (exact) mass is 352 g/mol. The van der Waals surface area contributed by atoms with E-state index < -0.39 is 0 Å². The molecule has 0 bridgehead atoms. The Hall–Kier alpha value is -3.24. The zero-order valence-corrected chi connectivity index (χ0v) is 14.3. The number of Topliss-reactive ketones (excluding diaryl/α,β-unsaturated/α-hetero) is 1. The summed E-state index contributed by atoms with van der Waals surface area (Å²) < 4.78 is 5.16. The molecule has 0 saturated carbocycles. The maximum Gasteiger partial charge on any atom is 0.282 e. The summed E-state index contributed by atoms with van der Waals surface area (Å²) in [5.41, 5.74) is 8.13. The predicted molar refractivity (Wildman–Crippen MR) is 96.4 cm³/mol. The lowest BCUT2D eigenvalue weighted by atomic mass is 10.0. The van der Waals surface area contributed by atoms with Gasteiger partial charge in [0.1, 0.15) is 11.8 Å². The van der Waals surface area contributed by atoms with Crippen LogP contribution >= 0.6 is 0 Å². The molecule has 0 spiro atoms. The first-order valence-corrected chi connectivity index (χ1v) is 8.13. The molecule has 2 aromatic rings. The van der Waals surface area contributed by atoms with E-state index in [0.29, 0.717) is 30.8 Å². The number of ether oxygens (including phenoxy) is 1. The summed E-state index contributed by atoms with van der Waals surface area (Å²) in [6.07, 6.45) is 2.09. The maximum atomic E-state index is 12.3. The Labute approximate surface area is 151 Å². The van der Waals surface area contributed by atoms with Gasteiger partial charge in [-0.15, -0.1) is 0 Å². The van der Waals surface area contributed by atoms with Gasteiger partial charge in [0.25, 0.3) is 6.02 Å². The summed E-state index contributed by atoms with van der Waals surface area (Å²) in [6.45, 7) is 0.692. The molecule has 7 nitrogen and oxygen atoms in total. The van der Waals surface area contributed by atoms with Crippen molar-refractivity contribution in [1.82, 2.24) is 4.98 Å². The van der Waals surface area contributed by atoms with Crippen LogP contribution in [0.5, 0.6) is 0 Å². The van der Waals surface area contributed by atoms with Crippen LogP contribution in [-0.2, 0) is 17.7 Å². The largest absolute Gasteiger partial charge is 0.465 e. The fourth-order valence-corrected chi connectivity index (χ4v) is 2.20. The number of hydrogen-bond donors (Lipinski definition) is 2. The molecule has 1 aromatic heterocycles. The summed E-state index contributed by atoms with van der Waals surface area (Å²) in [5, 5.41) is 17.5. The van der Waals surface area contributed by atoms with E-state index in [1.807, 2.05) is 30.3 Å². The van der Waals surface area contributed by atoms with Crippen molar-refractivity contribution >= 4 is 11.8 Å². The number of aliphatic imine (C=N–C) groups is 1. The average Bonchev–Trinajstić information content (AvgIpc) is 2.67. The topological polar surface area (TPSA) is 122 Å². The van der Waals surface area contributed by atoms with Gasteiger partial charge in [-0.2, -0.15) is 5.26 Å². The zero-order chi connectivity index (χ0) is 18.8. The Bertz CT molecular complexity index is 810. The Balaban J connectivity index is 1.96. The Morgan fingerprint density at radius 3 is 2.81 bits per heavy atom. The number of hydrogen-bond acceptors (Lipinski definition) is 6. The van der Waals surface area contributed by atoms with Crippen molar-refractivity contribution in [2.24, 2.45) is 10.7 Å². The minimum absolute atomic E-state index is 0.0391.